The number of allylic oxidation sites excluding steroid dienone is 2. The Kier molecular flexibility index (Phi) is 1.94. The van der Waals surface area contributed by atoms with Gasteiger partial charge in [0.1, 0.15) is 0 Å². The third-order valence-corrected chi connectivity index (χ3v) is 3.74. The standard InChI is InChI=1S/C12H15NO2/c14-11-9-3-1-2-4-10(9)12(15)13(11)7-8-5-6-8/h1-2,8-10H,3-7H2/t9-,10+. The molecular weight excluding hydrogens is 190 g/mol. The highest BCUT2D eigenvalue weighted by atomic mass is 16.2. The first kappa shape index (κ1) is 9.13. The number of fused-ring (bicyclic) bond motifs is 1. The summed E-state index contributed by atoms with van der Waals surface area (Å²) in [6.45, 7) is 0.685. The molecule has 3 nitrogen and oxygen atoms in total. The number of carbonyl (C=O) groups excluding carboxylic acids is 2. The molecule has 0 unspecified atom stereocenters. The summed E-state index contributed by atoms with van der Waals surface area (Å²) in [5.41, 5.74) is 0. The van der Waals surface area contributed by atoms with E-state index in [1.54, 1.807) is 0 Å². The zero-order chi connectivity index (χ0) is 10.4. The molecule has 0 radical (unpaired) electrons. The van der Waals surface area contributed by atoms with Gasteiger partial charge in [-0.05, 0) is 31.6 Å². The van der Waals surface area contributed by atoms with E-state index in [0.717, 1.165) is 12.8 Å². The van der Waals surface area contributed by atoms with Crippen LogP contribution in [0.25, 0.3) is 0 Å². The number of likely N-dealkylation sites (tertiary alicyclic amines) is 1. The van der Waals surface area contributed by atoms with Gasteiger partial charge < -0.3 is 0 Å². The number of hydrogen-bond acceptors (Lipinski definition) is 2. The summed E-state index contributed by atoms with van der Waals surface area (Å²) < 4.78 is 0. The lowest BCUT2D eigenvalue weighted by molar-refractivity contribution is -0.140. The van der Waals surface area contributed by atoms with Crippen LogP contribution in [0.3, 0.4) is 0 Å². The quantitative estimate of drug-likeness (QED) is 0.504. The molecule has 3 rings (SSSR count). The van der Waals surface area contributed by atoms with Crippen LogP contribution in [0.4, 0.5) is 0 Å². The first-order valence-electron chi connectivity index (χ1n) is 5.77. The summed E-state index contributed by atoms with van der Waals surface area (Å²) in [7, 11) is 0. The van der Waals surface area contributed by atoms with Gasteiger partial charge in [-0.15, -0.1) is 0 Å². The molecule has 1 heterocycles. The fraction of sp³-hybridized carbons (Fsp3) is 0.667. The number of hydrogen-bond donors (Lipinski definition) is 0. The molecule has 0 spiro atoms. The van der Waals surface area contributed by atoms with Gasteiger partial charge in [0, 0.05) is 6.54 Å². The minimum Gasteiger partial charge on any atom is -0.282 e. The summed E-state index contributed by atoms with van der Waals surface area (Å²) in [4.78, 5) is 25.5. The van der Waals surface area contributed by atoms with E-state index < -0.39 is 0 Å². The smallest absolute Gasteiger partial charge is 0.233 e. The van der Waals surface area contributed by atoms with E-state index in [1.165, 1.54) is 17.7 Å². The van der Waals surface area contributed by atoms with Crippen LogP contribution in [0.1, 0.15) is 25.7 Å². The fourth-order valence-electron chi connectivity index (χ4n) is 2.61. The fourth-order valence-corrected chi connectivity index (χ4v) is 2.61. The SMILES string of the molecule is O=C1[C@H]2CC=CC[C@H]2C(=O)N1CC1CC1. The third-order valence-electron chi connectivity index (χ3n) is 3.74. The molecule has 15 heavy (non-hydrogen) atoms. The van der Waals surface area contributed by atoms with Crippen molar-refractivity contribution in [3.63, 3.8) is 0 Å². The Labute approximate surface area is 89.1 Å². The molecule has 2 fully saturated rings. The predicted octanol–water partition coefficient (Wildman–Crippen LogP) is 1.35. The minimum absolute atomic E-state index is 0.0405. The third kappa shape index (κ3) is 1.41. The summed E-state index contributed by atoms with van der Waals surface area (Å²) in [5, 5.41) is 0. The topological polar surface area (TPSA) is 37.4 Å². The molecule has 1 saturated carbocycles. The van der Waals surface area contributed by atoms with E-state index in [4.69, 9.17) is 0 Å². The number of carbonyl (C=O) groups is 2. The van der Waals surface area contributed by atoms with E-state index in [9.17, 15) is 9.59 Å². The lowest BCUT2D eigenvalue weighted by Crippen LogP contribution is -2.32. The molecule has 0 bridgehead atoms. The Hall–Kier alpha value is -1.12. The van der Waals surface area contributed by atoms with Crippen molar-refractivity contribution < 1.29 is 9.59 Å². The zero-order valence-corrected chi connectivity index (χ0v) is 8.69. The van der Waals surface area contributed by atoms with E-state index in [2.05, 4.69) is 0 Å². The van der Waals surface area contributed by atoms with Crippen molar-refractivity contribution in [2.45, 2.75) is 25.7 Å². The Morgan fingerprint density at radius 1 is 1.07 bits per heavy atom. The number of amides is 2. The second kappa shape index (κ2) is 3.19. The highest BCUT2D eigenvalue weighted by Gasteiger charge is 2.48. The lowest BCUT2D eigenvalue weighted by atomic mass is 9.85. The Bertz CT molecular complexity index is 318. The van der Waals surface area contributed by atoms with Gasteiger partial charge in [0.05, 0.1) is 11.8 Å². The van der Waals surface area contributed by atoms with Crippen LogP contribution >= 0.6 is 0 Å². The van der Waals surface area contributed by atoms with Gasteiger partial charge in [0.2, 0.25) is 11.8 Å². The van der Waals surface area contributed by atoms with Crippen LogP contribution in [-0.4, -0.2) is 23.3 Å². The van der Waals surface area contributed by atoms with E-state index in [0.29, 0.717) is 12.5 Å². The average Bonchev–Trinajstić information content (AvgIpc) is 3.04. The molecule has 0 aromatic rings. The van der Waals surface area contributed by atoms with Crippen LogP contribution in [0.5, 0.6) is 0 Å². The van der Waals surface area contributed by atoms with Gasteiger partial charge >= 0.3 is 0 Å². The van der Waals surface area contributed by atoms with Crippen molar-refractivity contribution in [1.29, 1.82) is 0 Å². The molecule has 1 aliphatic heterocycles. The Morgan fingerprint density at radius 2 is 1.60 bits per heavy atom. The predicted molar refractivity (Wildman–Crippen MR) is 54.8 cm³/mol. The summed E-state index contributed by atoms with van der Waals surface area (Å²) in [6.07, 6.45) is 7.96. The van der Waals surface area contributed by atoms with Crippen LogP contribution in [0.2, 0.25) is 0 Å². The van der Waals surface area contributed by atoms with Crippen LogP contribution in [-0.2, 0) is 9.59 Å². The molecule has 3 heteroatoms. The van der Waals surface area contributed by atoms with Gasteiger partial charge in [-0.25, -0.2) is 0 Å². The van der Waals surface area contributed by atoms with E-state index in [1.807, 2.05) is 12.2 Å². The maximum Gasteiger partial charge on any atom is 0.233 e. The second-order valence-electron chi connectivity index (χ2n) is 4.89. The van der Waals surface area contributed by atoms with Gasteiger partial charge in [-0.3, -0.25) is 14.5 Å². The lowest BCUT2D eigenvalue weighted by Gasteiger charge is -2.14. The summed E-state index contributed by atoms with van der Waals surface area (Å²) in [5.74, 6) is 0.691. The molecule has 0 aromatic carbocycles. The highest BCUT2D eigenvalue weighted by Crippen LogP contribution is 2.38. The molecule has 80 valence electrons. The van der Waals surface area contributed by atoms with Crippen molar-refractivity contribution in [3.8, 4) is 0 Å². The summed E-state index contributed by atoms with van der Waals surface area (Å²) in [6, 6.07) is 0. The first-order valence-corrected chi connectivity index (χ1v) is 5.77. The van der Waals surface area contributed by atoms with E-state index in [-0.39, 0.29) is 23.7 Å². The number of nitrogens with zero attached hydrogens (tertiary/aromatic N) is 1. The Morgan fingerprint density at radius 3 is 2.07 bits per heavy atom. The van der Waals surface area contributed by atoms with Gasteiger partial charge in [-0.2, -0.15) is 0 Å². The maximum atomic E-state index is 12.0. The van der Waals surface area contributed by atoms with Crippen LogP contribution in [0, 0.1) is 17.8 Å². The van der Waals surface area contributed by atoms with Crippen molar-refractivity contribution in [2.75, 3.05) is 6.54 Å². The Balaban J connectivity index is 1.80. The second-order valence-corrected chi connectivity index (χ2v) is 4.89. The molecule has 2 amide bonds. The van der Waals surface area contributed by atoms with Crippen LogP contribution in [0.15, 0.2) is 12.2 Å². The number of rotatable bonds is 2. The highest BCUT2D eigenvalue weighted by molar-refractivity contribution is 6.05. The van der Waals surface area contributed by atoms with Crippen molar-refractivity contribution in [3.05, 3.63) is 12.2 Å². The van der Waals surface area contributed by atoms with Crippen molar-refractivity contribution >= 4 is 11.8 Å². The van der Waals surface area contributed by atoms with Gasteiger partial charge in [0.25, 0.3) is 0 Å². The molecule has 0 N–H and O–H groups in total. The normalized spacial score (nSPS) is 34.8. The summed E-state index contributed by atoms with van der Waals surface area (Å²) >= 11 is 0. The average molecular weight is 205 g/mol. The minimum atomic E-state index is -0.0405. The maximum absolute atomic E-state index is 12.0. The largest absolute Gasteiger partial charge is 0.282 e. The van der Waals surface area contributed by atoms with Crippen molar-refractivity contribution in [1.82, 2.24) is 4.90 Å². The number of imide groups is 1. The van der Waals surface area contributed by atoms with E-state index >= 15 is 0 Å². The van der Waals surface area contributed by atoms with Gasteiger partial charge in [-0.1, -0.05) is 12.2 Å². The monoisotopic (exact) mass is 205 g/mol. The molecule has 2 aliphatic carbocycles. The molecule has 2 atom stereocenters. The first-order chi connectivity index (χ1) is 7.27. The van der Waals surface area contributed by atoms with Gasteiger partial charge in [0.15, 0.2) is 0 Å². The van der Waals surface area contributed by atoms with Crippen molar-refractivity contribution in [2.24, 2.45) is 17.8 Å². The van der Waals surface area contributed by atoms with Crippen LogP contribution < -0.4 is 0 Å². The zero-order valence-electron chi connectivity index (χ0n) is 8.69. The molecule has 1 saturated heterocycles. The molecule has 3 aliphatic rings. The molecule has 0 aromatic heterocycles. The molecular formula is C12H15NO2.